The fourth-order valence-electron chi connectivity index (χ4n) is 3.00. The Kier molecular flexibility index (Phi) is 5.23. The summed E-state index contributed by atoms with van der Waals surface area (Å²) in [5.74, 6) is -0.530. The van der Waals surface area contributed by atoms with Crippen molar-refractivity contribution in [3.63, 3.8) is 0 Å². The third kappa shape index (κ3) is 3.62. The van der Waals surface area contributed by atoms with Crippen LogP contribution in [-0.4, -0.2) is 65.8 Å². The summed E-state index contributed by atoms with van der Waals surface area (Å²) in [4.78, 5) is 27.0. The molecule has 6 heteroatoms. The van der Waals surface area contributed by atoms with E-state index in [1.54, 1.807) is 0 Å². The molecule has 0 aromatic carbocycles. The minimum absolute atomic E-state index is 0.0916. The normalized spacial score (nSPS) is 24.8. The van der Waals surface area contributed by atoms with Crippen LogP contribution in [0.4, 0.5) is 4.79 Å². The number of hydrogen-bond acceptors (Lipinski definition) is 3. The number of carboxylic acid groups (broad SMARTS) is 1. The number of urea groups is 1. The molecule has 0 spiro atoms. The maximum Gasteiger partial charge on any atom is 0.320 e. The second-order valence-corrected chi connectivity index (χ2v) is 5.64. The molecule has 6 nitrogen and oxygen atoms in total. The Bertz CT molecular complexity index is 353. The fraction of sp³-hybridized carbons (Fsp3) is 0.857. The van der Waals surface area contributed by atoms with Crippen LogP contribution in [-0.2, 0) is 9.53 Å². The van der Waals surface area contributed by atoms with Crippen molar-refractivity contribution >= 4 is 12.0 Å². The number of hydrogen-bond donors (Lipinski definition) is 1. The van der Waals surface area contributed by atoms with E-state index >= 15 is 0 Å². The molecule has 2 heterocycles. The summed E-state index contributed by atoms with van der Waals surface area (Å²) in [6, 6.07) is 0.266. The van der Waals surface area contributed by atoms with E-state index in [-0.39, 0.29) is 24.4 Å². The summed E-state index contributed by atoms with van der Waals surface area (Å²) in [6.07, 6.45) is 2.71. The second-order valence-electron chi connectivity index (χ2n) is 5.64. The molecule has 0 aliphatic carbocycles. The van der Waals surface area contributed by atoms with Crippen molar-refractivity contribution in [3.8, 4) is 0 Å². The lowest BCUT2D eigenvalue weighted by atomic mass is 9.94. The number of carbonyl (C=O) groups excluding carboxylic acids is 1. The van der Waals surface area contributed by atoms with Crippen molar-refractivity contribution in [2.24, 2.45) is 5.92 Å². The van der Waals surface area contributed by atoms with Gasteiger partial charge in [-0.15, -0.1) is 0 Å². The molecule has 2 fully saturated rings. The molecule has 0 aromatic heterocycles. The van der Waals surface area contributed by atoms with Crippen molar-refractivity contribution < 1.29 is 19.4 Å². The smallest absolute Gasteiger partial charge is 0.320 e. The average molecular weight is 284 g/mol. The van der Waals surface area contributed by atoms with E-state index in [1.807, 2.05) is 9.80 Å². The lowest BCUT2D eigenvalue weighted by Crippen LogP contribution is -2.54. The molecular weight excluding hydrogens is 260 g/mol. The Morgan fingerprint density at radius 1 is 1.25 bits per heavy atom. The van der Waals surface area contributed by atoms with Gasteiger partial charge in [-0.2, -0.15) is 0 Å². The molecular formula is C14H24N2O4. The van der Waals surface area contributed by atoms with Crippen molar-refractivity contribution in [1.29, 1.82) is 0 Å². The van der Waals surface area contributed by atoms with Gasteiger partial charge >= 0.3 is 12.0 Å². The number of nitrogens with zero attached hydrogens (tertiary/aromatic N) is 2. The Morgan fingerprint density at radius 2 is 1.95 bits per heavy atom. The largest absolute Gasteiger partial charge is 0.481 e. The predicted octanol–water partition coefficient (Wildman–Crippen LogP) is 1.40. The highest BCUT2D eigenvalue weighted by molar-refractivity contribution is 5.75. The van der Waals surface area contributed by atoms with Gasteiger partial charge in [0.15, 0.2) is 0 Å². The Hall–Kier alpha value is -1.30. The number of piperidine rings is 1. The first-order valence-electron chi connectivity index (χ1n) is 7.47. The highest BCUT2D eigenvalue weighted by Crippen LogP contribution is 2.22. The molecule has 20 heavy (non-hydrogen) atoms. The maximum atomic E-state index is 12.5. The average Bonchev–Trinajstić information content (AvgIpc) is 2.46. The van der Waals surface area contributed by atoms with Crippen LogP contribution in [0.2, 0.25) is 0 Å². The van der Waals surface area contributed by atoms with Gasteiger partial charge in [0.25, 0.3) is 0 Å². The highest BCUT2D eigenvalue weighted by atomic mass is 16.5. The summed E-state index contributed by atoms with van der Waals surface area (Å²) < 4.78 is 5.42. The molecule has 0 aromatic rings. The Labute approximate surface area is 119 Å². The van der Waals surface area contributed by atoms with E-state index in [2.05, 4.69) is 6.92 Å². The van der Waals surface area contributed by atoms with E-state index in [4.69, 9.17) is 9.84 Å². The topological polar surface area (TPSA) is 70.1 Å². The SMILES string of the molecule is CCC1COCCN1C(=O)N1CCC(CC(=O)O)CC1. The van der Waals surface area contributed by atoms with E-state index in [0.29, 0.717) is 32.8 Å². The van der Waals surface area contributed by atoms with E-state index in [0.717, 1.165) is 19.3 Å². The Morgan fingerprint density at radius 3 is 2.55 bits per heavy atom. The van der Waals surface area contributed by atoms with Gasteiger partial charge in [-0.3, -0.25) is 4.79 Å². The fourth-order valence-corrected chi connectivity index (χ4v) is 3.00. The van der Waals surface area contributed by atoms with Gasteiger partial charge in [0, 0.05) is 26.1 Å². The van der Waals surface area contributed by atoms with E-state index < -0.39 is 5.97 Å². The number of aliphatic carboxylic acids is 1. The minimum Gasteiger partial charge on any atom is -0.481 e. The molecule has 0 radical (unpaired) electrons. The van der Waals surface area contributed by atoms with E-state index in [1.165, 1.54) is 0 Å². The molecule has 2 saturated heterocycles. The van der Waals surface area contributed by atoms with Gasteiger partial charge in [-0.05, 0) is 25.2 Å². The summed E-state index contributed by atoms with van der Waals surface area (Å²) >= 11 is 0. The van der Waals surface area contributed by atoms with E-state index in [9.17, 15) is 9.59 Å². The summed E-state index contributed by atoms with van der Waals surface area (Å²) in [7, 11) is 0. The molecule has 0 saturated carbocycles. The third-order valence-corrected chi connectivity index (χ3v) is 4.29. The molecule has 2 amide bonds. The second kappa shape index (κ2) is 6.92. The van der Waals surface area contributed by atoms with Crippen molar-refractivity contribution in [2.45, 2.75) is 38.6 Å². The van der Waals surface area contributed by atoms with Crippen LogP contribution < -0.4 is 0 Å². The summed E-state index contributed by atoms with van der Waals surface area (Å²) in [5, 5.41) is 8.81. The first-order chi connectivity index (χ1) is 9.61. The van der Waals surface area contributed by atoms with Gasteiger partial charge in [0.05, 0.1) is 19.3 Å². The van der Waals surface area contributed by atoms with Gasteiger partial charge < -0.3 is 19.6 Å². The first kappa shape index (κ1) is 15.1. The number of likely N-dealkylation sites (tertiary alicyclic amines) is 1. The highest BCUT2D eigenvalue weighted by Gasteiger charge is 2.31. The van der Waals surface area contributed by atoms with Gasteiger partial charge in [0.1, 0.15) is 0 Å². The van der Waals surface area contributed by atoms with Crippen LogP contribution in [0.3, 0.4) is 0 Å². The zero-order valence-corrected chi connectivity index (χ0v) is 12.1. The zero-order valence-electron chi connectivity index (χ0n) is 12.1. The predicted molar refractivity (Wildman–Crippen MR) is 73.5 cm³/mol. The lowest BCUT2D eigenvalue weighted by Gasteiger charge is -2.40. The minimum atomic E-state index is -0.742. The summed E-state index contributed by atoms with van der Waals surface area (Å²) in [6.45, 7) is 5.30. The summed E-state index contributed by atoms with van der Waals surface area (Å²) in [5.41, 5.74) is 0. The number of carbonyl (C=O) groups is 2. The standard InChI is InChI=1S/C14H24N2O4/c1-2-12-10-20-8-7-16(12)14(19)15-5-3-11(4-6-15)9-13(17)18/h11-12H,2-10H2,1H3,(H,17,18). The first-order valence-corrected chi connectivity index (χ1v) is 7.47. The number of ether oxygens (including phenoxy) is 1. The van der Waals surface area contributed by atoms with Gasteiger partial charge in [-0.25, -0.2) is 4.79 Å². The van der Waals surface area contributed by atoms with Crippen LogP contribution in [0.5, 0.6) is 0 Å². The Balaban J connectivity index is 1.86. The van der Waals surface area contributed by atoms with Crippen LogP contribution in [0, 0.1) is 5.92 Å². The molecule has 1 atom stereocenters. The van der Waals surface area contributed by atoms with Crippen molar-refractivity contribution in [3.05, 3.63) is 0 Å². The van der Waals surface area contributed by atoms with Crippen LogP contribution in [0.15, 0.2) is 0 Å². The van der Waals surface area contributed by atoms with Crippen LogP contribution >= 0.6 is 0 Å². The molecule has 1 unspecified atom stereocenters. The van der Waals surface area contributed by atoms with Crippen LogP contribution in [0.1, 0.15) is 32.6 Å². The molecule has 114 valence electrons. The number of rotatable bonds is 3. The zero-order chi connectivity index (χ0) is 14.5. The molecule has 1 N–H and O–H groups in total. The molecule has 0 bridgehead atoms. The van der Waals surface area contributed by atoms with Crippen LogP contribution in [0.25, 0.3) is 0 Å². The monoisotopic (exact) mass is 284 g/mol. The molecule has 2 aliphatic heterocycles. The quantitative estimate of drug-likeness (QED) is 0.850. The number of carboxylic acids is 1. The maximum absolute atomic E-state index is 12.5. The molecule has 2 rings (SSSR count). The lowest BCUT2D eigenvalue weighted by molar-refractivity contribution is -0.138. The number of morpholine rings is 1. The number of amides is 2. The van der Waals surface area contributed by atoms with Crippen molar-refractivity contribution in [2.75, 3.05) is 32.8 Å². The molecule has 2 aliphatic rings. The third-order valence-electron chi connectivity index (χ3n) is 4.29. The van der Waals surface area contributed by atoms with Gasteiger partial charge in [-0.1, -0.05) is 6.92 Å². The van der Waals surface area contributed by atoms with Gasteiger partial charge in [0.2, 0.25) is 0 Å². The van der Waals surface area contributed by atoms with Crippen molar-refractivity contribution in [1.82, 2.24) is 9.80 Å².